The van der Waals surface area contributed by atoms with Gasteiger partial charge in [0.2, 0.25) is 0 Å². The molecule has 0 atom stereocenters. The summed E-state index contributed by atoms with van der Waals surface area (Å²) in [4.78, 5) is 24.6. The third kappa shape index (κ3) is 4.06. The minimum Gasteiger partial charge on any atom is -0.481 e. The number of aliphatic carboxylic acids is 1. The lowest BCUT2D eigenvalue weighted by Crippen LogP contribution is -2.00. The van der Waals surface area contributed by atoms with Crippen LogP contribution in [0.25, 0.3) is 22.3 Å². The molecule has 29 heavy (non-hydrogen) atoms. The van der Waals surface area contributed by atoms with Crippen LogP contribution in [0.3, 0.4) is 0 Å². The van der Waals surface area contributed by atoms with E-state index in [1.807, 2.05) is 37.3 Å². The van der Waals surface area contributed by atoms with E-state index in [-0.39, 0.29) is 6.42 Å². The van der Waals surface area contributed by atoms with Crippen LogP contribution in [0.4, 0.5) is 0 Å². The number of hydrogen-bond donors (Lipinski definition) is 1. The van der Waals surface area contributed by atoms with Crippen LogP contribution in [0.2, 0.25) is 0 Å². The Morgan fingerprint density at radius 1 is 1.00 bits per heavy atom. The second-order valence-corrected chi connectivity index (χ2v) is 6.55. The highest BCUT2D eigenvalue weighted by molar-refractivity contribution is 5.87. The van der Waals surface area contributed by atoms with E-state index in [9.17, 15) is 4.79 Å². The van der Waals surface area contributed by atoms with Gasteiger partial charge in [-0.25, -0.2) is 4.98 Å². The molecule has 6 heteroatoms. The van der Waals surface area contributed by atoms with Crippen molar-refractivity contribution >= 4 is 16.9 Å². The van der Waals surface area contributed by atoms with Gasteiger partial charge in [-0.05, 0) is 54.4 Å². The first-order chi connectivity index (χ1) is 14.1. The van der Waals surface area contributed by atoms with Gasteiger partial charge in [0.1, 0.15) is 11.4 Å². The summed E-state index contributed by atoms with van der Waals surface area (Å²) in [5.74, 6) is 0.287. The topological polar surface area (TPSA) is 85.2 Å². The molecule has 0 amide bonds. The second-order valence-electron chi connectivity index (χ2n) is 6.55. The van der Waals surface area contributed by atoms with E-state index in [1.165, 1.54) is 0 Å². The number of fused-ring (bicyclic) bond motifs is 1. The fraction of sp³-hybridized carbons (Fsp3) is 0.130. The molecule has 0 saturated heterocycles. The predicted molar refractivity (Wildman–Crippen MR) is 110 cm³/mol. The third-order valence-corrected chi connectivity index (χ3v) is 4.53. The fourth-order valence-corrected chi connectivity index (χ4v) is 3.11. The van der Waals surface area contributed by atoms with Crippen LogP contribution in [0.15, 0.2) is 67.0 Å². The maximum Gasteiger partial charge on any atom is 0.307 e. The van der Waals surface area contributed by atoms with E-state index in [0.717, 1.165) is 28.7 Å². The summed E-state index contributed by atoms with van der Waals surface area (Å²) in [5, 5.41) is 9.84. The van der Waals surface area contributed by atoms with E-state index in [0.29, 0.717) is 22.8 Å². The molecule has 0 spiro atoms. The van der Waals surface area contributed by atoms with Crippen LogP contribution >= 0.6 is 0 Å². The van der Waals surface area contributed by atoms with Gasteiger partial charge in [-0.2, -0.15) is 0 Å². The molecule has 0 aliphatic carbocycles. The van der Waals surface area contributed by atoms with Crippen molar-refractivity contribution in [3.8, 4) is 22.9 Å². The Kier molecular flexibility index (Phi) is 5.16. The van der Waals surface area contributed by atoms with Gasteiger partial charge in [0.15, 0.2) is 5.75 Å². The minimum atomic E-state index is -0.882. The number of nitrogens with zero attached hydrogens (tertiary/aromatic N) is 3. The van der Waals surface area contributed by atoms with Gasteiger partial charge >= 0.3 is 5.97 Å². The summed E-state index contributed by atoms with van der Waals surface area (Å²) < 4.78 is 6.25. The summed E-state index contributed by atoms with van der Waals surface area (Å²) >= 11 is 0. The number of pyridine rings is 3. The zero-order valence-electron chi connectivity index (χ0n) is 15.9. The molecule has 4 aromatic rings. The molecular formula is C23H19N3O3. The largest absolute Gasteiger partial charge is 0.481 e. The van der Waals surface area contributed by atoms with Crippen molar-refractivity contribution in [1.82, 2.24) is 15.0 Å². The molecule has 0 fully saturated rings. The lowest BCUT2D eigenvalue weighted by Gasteiger charge is -2.13. The Balaban J connectivity index is 1.80. The molecule has 6 nitrogen and oxygen atoms in total. The number of aromatic nitrogens is 3. The van der Waals surface area contributed by atoms with Gasteiger partial charge in [-0.15, -0.1) is 0 Å². The number of carbonyl (C=O) groups is 1. The van der Waals surface area contributed by atoms with Crippen molar-refractivity contribution in [3.63, 3.8) is 0 Å². The SMILES string of the molecule is CCc1ccc(Oc2ccnc3ccc(CC(=O)O)cc23)c(-c2ccccn2)n1. The molecule has 0 bridgehead atoms. The molecule has 0 unspecified atom stereocenters. The first kappa shape index (κ1) is 18.6. The standard InChI is InChI=1S/C23H19N3O3/c1-2-16-7-9-21(23(26-16)19-5-3-4-11-24-19)29-20-10-12-25-18-8-6-15(13-17(18)20)14-22(27)28/h3-13H,2,14H2,1H3,(H,27,28). The van der Waals surface area contributed by atoms with Crippen molar-refractivity contribution in [1.29, 1.82) is 0 Å². The monoisotopic (exact) mass is 385 g/mol. The van der Waals surface area contributed by atoms with E-state index in [2.05, 4.69) is 9.97 Å². The highest BCUT2D eigenvalue weighted by atomic mass is 16.5. The molecular weight excluding hydrogens is 366 g/mol. The molecule has 3 heterocycles. The average molecular weight is 385 g/mol. The lowest BCUT2D eigenvalue weighted by molar-refractivity contribution is -0.136. The maximum atomic E-state index is 11.1. The highest BCUT2D eigenvalue weighted by Crippen LogP contribution is 2.34. The first-order valence-electron chi connectivity index (χ1n) is 9.32. The summed E-state index contributed by atoms with van der Waals surface area (Å²) in [6.07, 6.45) is 4.13. The lowest BCUT2D eigenvalue weighted by atomic mass is 10.1. The van der Waals surface area contributed by atoms with Crippen LogP contribution < -0.4 is 4.74 Å². The Hall–Kier alpha value is -3.80. The summed E-state index contributed by atoms with van der Waals surface area (Å²) in [5.41, 5.74) is 3.75. The summed E-state index contributed by atoms with van der Waals surface area (Å²) in [6, 6.07) is 16.6. The minimum absolute atomic E-state index is 0.0593. The van der Waals surface area contributed by atoms with Gasteiger partial charge in [-0.1, -0.05) is 19.1 Å². The van der Waals surface area contributed by atoms with Crippen molar-refractivity contribution in [2.75, 3.05) is 0 Å². The molecule has 1 aromatic carbocycles. The van der Waals surface area contributed by atoms with Gasteiger partial charge in [0.25, 0.3) is 0 Å². The Bertz CT molecular complexity index is 1180. The van der Waals surface area contributed by atoms with Crippen LogP contribution in [-0.4, -0.2) is 26.0 Å². The number of ether oxygens (including phenoxy) is 1. The van der Waals surface area contributed by atoms with Gasteiger partial charge in [0.05, 0.1) is 17.6 Å². The molecule has 4 rings (SSSR count). The smallest absolute Gasteiger partial charge is 0.307 e. The van der Waals surface area contributed by atoms with Gasteiger partial charge in [0, 0.05) is 23.5 Å². The highest BCUT2D eigenvalue weighted by Gasteiger charge is 2.14. The molecule has 3 aromatic heterocycles. The Morgan fingerprint density at radius 3 is 2.66 bits per heavy atom. The summed E-state index contributed by atoms with van der Waals surface area (Å²) in [7, 11) is 0. The third-order valence-electron chi connectivity index (χ3n) is 4.53. The number of aryl methyl sites for hydroxylation is 1. The van der Waals surface area contributed by atoms with Crippen LogP contribution in [0.1, 0.15) is 18.2 Å². The first-order valence-corrected chi connectivity index (χ1v) is 9.32. The van der Waals surface area contributed by atoms with Gasteiger partial charge < -0.3 is 9.84 Å². The zero-order chi connectivity index (χ0) is 20.2. The Labute approximate surface area is 167 Å². The van der Waals surface area contributed by atoms with Crippen LogP contribution in [0, 0.1) is 0 Å². The normalized spacial score (nSPS) is 10.8. The number of hydrogen-bond acceptors (Lipinski definition) is 5. The van der Waals surface area contributed by atoms with E-state index < -0.39 is 5.97 Å². The second kappa shape index (κ2) is 8.06. The molecule has 0 aliphatic heterocycles. The quantitative estimate of drug-likeness (QED) is 0.519. The number of benzene rings is 1. The predicted octanol–water partition coefficient (Wildman–Crippen LogP) is 4.67. The van der Waals surface area contributed by atoms with E-state index in [1.54, 1.807) is 36.7 Å². The van der Waals surface area contributed by atoms with Crippen molar-refractivity contribution in [3.05, 3.63) is 78.2 Å². The number of carboxylic acid groups (broad SMARTS) is 1. The van der Waals surface area contributed by atoms with Crippen LogP contribution in [-0.2, 0) is 17.6 Å². The van der Waals surface area contributed by atoms with Crippen molar-refractivity contribution < 1.29 is 14.6 Å². The van der Waals surface area contributed by atoms with Crippen LogP contribution in [0.5, 0.6) is 11.5 Å². The number of carboxylic acids is 1. The molecule has 0 aliphatic rings. The fourth-order valence-electron chi connectivity index (χ4n) is 3.11. The molecule has 1 N–H and O–H groups in total. The maximum absolute atomic E-state index is 11.1. The average Bonchev–Trinajstić information content (AvgIpc) is 2.74. The van der Waals surface area contributed by atoms with E-state index >= 15 is 0 Å². The Morgan fingerprint density at radius 2 is 1.90 bits per heavy atom. The zero-order valence-corrected chi connectivity index (χ0v) is 15.9. The summed E-state index contributed by atoms with van der Waals surface area (Å²) in [6.45, 7) is 2.05. The van der Waals surface area contributed by atoms with Gasteiger partial charge in [-0.3, -0.25) is 14.8 Å². The van der Waals surface area contributed by atoms with E-state index in [4.69, 9.17) is 14.8 Å². The molecule has 144 valence electrons. The molecule has 0 radical (unpaired) electrons. The van der Waals surface area contributed by atoms with Crippen molar-refractivity contribution in [2.24, 2.45) is 0 Å². The molecule has 0 saturated carbocycles. The van der Waals surface area contributed by atoms with Crippen molar-refractivity contribution in [2.45, 2.75) is 19.8 Å². The number of rotatable bonds is 6.